The molecular weight excluding hydrogens is 282 g/mol. The van der Waals surface area contributed by atoms with Crippen LogP contribution in [0.25, 0.3) is 0 Å². The molecule has 0 aliphatic carbocycles. The lowest BCUT2D eigenvalue weighted by molar-refractivity contribution is 0.0690. The first kappa shape index (κ1) is 16.9. The summed E-state index contributed by atoms with van der Waals surface area (Å²) in [5.74, 6) is -1.14. The SMILES string of the molecule is COCCOCCNC(=O)NCCn1cc(C(=O)O)nn1. The maximum Gasteiger partial charge on any atom is 0.358 e. The molecule has 1 heterocycles. The Morgan fingerprint density at radius 2 is 2.05 bits per heavy atom. The van der Waals surface area contributed by atoms with Crippen LogP contribution in [0.15, 0.2) is 6.20 Å². The summed E-state index contributed by atoms with van der Waals surface area (Å²) in [7, 11) is 1.59. The number of carbonyl (C=O) groups is 2. The molecule has 10 nitrogen and oxygen atoms in total. The number of nitrogens with one attached hydrogen (secondary N) is 2. The highest BCUT2D eigenvalue weighted by atomic mass is 16.5. The molecule has 3 N–H and O–H groups in total. The lowest BCUT2D eigenvalue weighted by atomic mass is 10.5. The Kier molecular flexibility index (Phi) is 7.76. The van der Waals surface area contributed by atoms with Crippen LogP contribution in [0, 0.1) is 0 Å². The van der Waals surface area contributed by atoms with Gasteiger partial charge in [0.2, 0.25) is 0 Å². The number of ether oxygens (including phenoxy) is 2. The molecule has 1 aromatic rings. The van der Waals surface area contributed by atoms with Crippen molar-refractivity contribution in [2.45, 2.75) is 6.54 Å². The van der Waals surface area contributed by atoms with E-state index in [1.807, 2.05) is 0 Å². The molecule has 118 valence electrons. The van der Waals surface area contributed by atoms with Crippen molar-refractivity contribution in [3.05, 3.63) is 11.9 Å². The third-order valence-electron chi connectivity index (χ3n) is 2.35. The van der Waals surface area contributed by atoms with E-state index >= 15 is 0 Å². The maximum atomic E-state index is 11.4. The Morgan fingerprint density at radius 3 is 2.71 bits per heavy atom. The quantitative estimate of drug-likeness (QED) is 0.470. The van der Waals surface area contributed by atoms with Gasteiger partial charge in [0.05, 0.1) is 32.6 Å². The Morgan fingerprint density at radius 1 is 1.29 bits per heavy atom. The number of hydrogen-bond donors (Lipinski definition) is 3. The second-order valence-electron chi connectivity index (χ2n) is 3.96. The van der Waals surface area contributed by atoms with Crippen LogP contribution in [-0.2, 0) is 16.0 Å². The molecule has 0 aromatic carbocycles. The molecule has 0 atom stereocenters. The van der Waals surface area contributed by atoms with Gasteiger partial charge >= 0.3 is 12.0 Å². The summed E-state index contributed by atoms with van der Waals surface area (Å²) in [6.07, 6.45) is 1.30. The molecule has 0 aliphatic rings. The van der Waals surface area contributed by atoms with Crippen molar-refractivity contribution < 1.29 is 24.2 Å². The van der Waals surface area contributed by atoms with Gasteiger partial charge in [0, 0.05) is 20.2 Å². The van der Waals surface area contributed by atoms with Gasteiger partial charge in [-0.3, -0.25) is 0 Å². The monoisotopic (exact) mass is 301 g/mol. The second-order valence-corrected chi connectivity index (χ2v) is 3.96. The number of rotatable bonds is 10. The van der Waals surface area contributed by atoms with Gasteiger partial charge in [-0.1, -0.05) is 5.21 Å². The van der Waals surface area contributed by atoms with Gasteiger partial charge in [0.15, 0.2) is 5.69 Å². The van der Waals surface area contributed by atoms with Crippen LogP contribution in [0.4, 0.5) is 4.79 Å². The highest BCUT2D eigenvalue weighted by Gasteiger charge is 2.07. The molecule has 0 unspecified atom stereocenters. The molecule has 0 aliphatic heterocycles. The van der Waals surface area contributed by atoms with Crippen molar-refractivity contribution in [1.29, 1.82) is 0 Å². The van der Waals surface area contributed by atoms with E-state index in [4.69, 9.17) is 14.6 Å². The number of amides is 2. The molecule has 0 radical (unpaired) electrons. The number of nitrogens with zero attached hydrogens (tertiary/aromatic N) is 3. The summed E-state index contributed by atoms with van der Waals surface area (Å²) in [6.45, 7) is 2.43. The minimum Gasteiger partial charge on any atom is -0.476 e. The van der Waals surface area contributed by atoms with Gasteiger partial charge in [0.25, 0.3) is 0 Å². The van der Waals surface area contributed by atoms with Gasteiger partial charge in [0.1, 0.15) is 0 Å². The van der Waals surface area contributed by atoms with E-state index in [0.29, 0.717) is 39.5 Å². The topological polar surface area (TPSA) is 128 Å². The summed E-state index contributed by atoms with van der Waals surface area (Å²) in [5, 5.41) is 21.0. The predicted octanol–water partition coefficient (Wildman–Crippen LogP) is -1.06. The molecule has 1 rings (SSSR count). The zero-order chi connectivity index (χ0) is 15.5. The third kappa shape index (κ3) is 7.22. The number of carboxylic acid groups (broad SMARTS) is 1. The van der Waals surface area contributed by atoms with Crippen LogP contribution in [0.1, 0.15) is 10.5 Å². The maximum absolute atomic E-state index is 11.4. The summed E-state index contributed by atoms with van der Waals surface area (Å²) in [5.41, 5.74) is -0.132. The van der Waals surface area contributed by atoms with Gasteiger partial charge < -0.3 is 25.2 Å². The number of aromatic carboxylic acids is 1. The van der Waals surface area contributed by atoms with E-state index in [2.05, 4.69) is 20.9 Å². The highest BCUT2D eigenvalue weighted by molar-refractivity contribution is 5.84. The van der Waals surface area contributed by atoms with Gasteiger partial charge in [-0.15, -0.1) is 5.10 Å². The van der Waals surface area contributed by atoms with Crippen molar-refractivity contribution in [1.82, 2.24) is 25.6 Å². The number of aromatic nitrogens is 3. The fraction of sp³-hybridized carbons (Fsp3) is 0.636. The Bertz CT molecular complexity index is 450. The molecule has 0 fully saturated rings. The lowest BCUT2D eigenvalue weighted by Gasteiger charge is -2.07. The largest absolute Gasteiger partial charge is 0.476 e. The van der Waals surface area contributed by atoms with Crippen molar-refractivity contribution in [3.8, 4) is 0 Å². The third-order valence-corrected chi connectivity index (χ3v) is 2.35. The minimum absolute atomic E-state index is 0.132. The summed E-state index contributed by atoms with van der Waals surface area (Å²) >= 11 is 0. The smallest absolute Gasteiger partial charge is 0.358 e. The predicted molar refractivity (Wildman–Crippen MR) is 71.1 cm³/mol. The molecule has 1 aromatic heterocycles. The number of urea groups is 1. The van der Waals surface area contributed by atoms with Crippen LogP contribution >= 0.6 is 0 Å². The number of carboxylic acids is 1. The van der Waals surface area contributed by atoms with Crippen molar-refractivity contribution >= 4 is 12.0 Å². The van der Waals surface area contributed by atoms with Crippen LogP contribution in [-0.4, -0.2) is 72.1 Å². The first-order chi connectivity index (χ1) is 10.1. The Hall–Kier alpha value is -2.20. The van der Waals surface area contributed by atoms with E-state index < -0.39 is 5.97 Å². The van der Waals surface area contributed by atoms with Crippen molar-refractivity contribution in [2.24, 2.45) is 0 Å². The van der Waals surface area contributed by atoms with Crippen LogP contribution in [0.2, 0.25) is 0 Å². The number of carbonyl (C=O) groups excluding carboxylic acids is 1. The first-order valence-electron chi connectivity index (χ1n) is 6.35. The molecule has 10 heteroatoms. The van der Waals surface area contributed by atoms with Crippen LogP contribution in [0.5, 0.6) is 0 Å². The molecule has 0 saturated carbocycles. The minimum atomic E-state index is -1.14. The lowest BCUT2D eigenvalue weighted by Crippen LogP contribution is -2.38. The standard InChI is InChI=1S/C11H19N5O5/c1-20-6-7-21-5-3-13-11(19)12-2-4-16-8-9(10(17)18)14-15-16/h8H,2-7H2,1H3,(H,17,18)(H2,12,13,19). The summed E-state index contributed by atoms with van der Waals surface area (Å²) < 4.78 is 11.3. The van der Waals surface area contributed by atoms with E-state index in [0.717, 1.165) is 0 Å². The zero-order valence-corrected chi connectivity index (χ0v) is 11.7. The fourth-order valence-corrected chi connectivity index (χ4v) is 1.33. The van der Waals surface area contributed by atoms with Gasteiger partial charge in [-0.2, -0.15) is 0 Å². The first-order valence-corrected chi connectivity index (χ1v) is 6.35. The van der Waals surface area contributed by atoms with Crippen molar-refractivity contribution in [2.75, 3.05) is 40.0 Å². The van der Waals surface area contributed by atoms with E-state index in [1.54, 1.807) is 7.11 Å². The van der Waals surface area contributed by atoms with E-state index in [1.165, 1.54) is 10.9 Å². The average molecular weight is 301 g/mol. The Labute approximate surface area is 121 Å². The molecule has 2 amide bonds. The summed E-state index contributed by atoms with van der Waals surface area (Å²) in [4.78, 5) is 22.0. The molecule has 0 spiro atoms. The molecular formula is C11H19N5O5. The van der Waals surface area contributed by atoms with Crippen LogP contribution in [0.3, 0.4) is 0 Å². The average Bonchev–Trinajstić information content (AvgIpc) is 2.92. The van der Waals surface area contributed by atoms with Gasteiger partial charge in [-0.05, 0) is 0 Å². The normalized spacial score (nSPS) is 10.3. The Balaban J connectivity index is 2.06. The molecule has 0 saturated heterocycles. The molecule has 0 bridgehead atoms. The fourth-order valence-electron chi connectivity index (χ4n) is 1.33. The van der Waals surface area contributed by atoms with Crippen LogP contribution < -0.4 is 10.6 Å². The zero-order valence-electron chi connectivity index (χ0n) is 11.7. The van der Waals surface area contributed by atoms with E-state index in [-0.39, 0.29) is 11.7 Å². The van der Waals surface area contributed by atoms with E-state index in [9.17, 15) is 9.59 Å². The van der Waals surface area contributed by atoms with Crippen molar-refractivity contribution in [3.63, 3.8) is 0 Å². The number of hydrogen-bond acceptors (Lipinski definition) is 6. The second kappa shape index (κ2) is 9.66. The summed E-state index contributed by atoms with van der Waals surface area (Å²) in [6, 6.07) is -0.330. The highest BCUT2D eigenvalue weighted by Crippen LogP contribution is 1.91. The van der Waals surface area contributed by atoms with Gasteiger partial charge in [-0.25, -0.2) is 14.3 Å². The number of methoxy groups -OCH3 is 1. The molecule has 21 heavy (non-hydrogen) atoms.